The average molecular weight is 660 g/mol. The highest BCUT2D eigenvalue weighted by atomic mass is 32.1. The molecule has 1 atom stereocenters. The van der Waals surface area contributed by atoms with Crippen molar-refractivity contribution in [2.45, 2.75) is 5.92 Å². The number of hydrogen-bond acceptors (Lipinski definition) is 11. The third kappa shape index (κ3) is 6.12. The summed E-state index contributed by atoms with van der Waals surface area (Å²) in [7, 11) is 8.75. The van der Waals surface area contributed by atoms with E-state index in [1.54, 1.807) is 66.7 Å². The molecule has 0 saturated heterocycles. The second-order valence-corrected chi connectivity index (χ2v) is 11.1. The number of hydrogen-bond donors (Lipinski definition) is 2. The molecule has 13 heteroatoms. The van der Waals surface area contributed by atoms with Gasteiger partial charge in [-0.1, -0.05) is 12.1 Å². The molecule has 47 heavy (non-hydrogen) atoms. The van der Waals surface area contributed by atoms with Crippen LogP contribution in [0, 0.1) is 0 Å². The molecule has 2 heterocycles. The number of nitrogens with two attached hydrogens (primary N) is 1. The lowest BCUT2D eigenvalue weighted by Crippen LogP contribution is -2.42. The van der Waals surface area contributed by atoms with Gasteiger partial charge in [-0.15, -0.1) is 11.3 Å². The van der Waals surface area contributed by atoms with E-state index >= 15 is 0 Å². The van der Waals surface area contributed by atoms with E-state index in [1.807, 2.05) is 0 Å². The molecule has 0 aliphatic carbocycles. The van der Waals surface area contributed by atoms with Crippen LogP contribution in [-0.4, -0.2) is 59.1 Å². The molecule has 0 radical (unpaired) electrons. The van der Waals surface area contributed by atoms with Crippen LogP contribution in [0.15, 0.2) is 71.0 Å². The highest BCUT2D eigenvalue weighted by molar-refractivity contribution is 7.07. The summed E-state index contributed by atoms with van der Waals surface area (Å²) < 4.78 is 33.8. The van der Waals surface area contributed by atoms with Crippen LogP contribution in [0.1, 0.15) is 17.0 Å². The van der Waals surface area contributed by atoms with Gasteiger partial charge in [0.15, 0.2) is 23.0 Å². The molecule has 244 valence electrons. The summed E-state index contributed by atoms with van der Waals surface area (Å²) in [5.41, 5.74) is 7.68. The first kappa shape index (κ1) is 32.7. The number of carbonyl (C=O) groups is 2. The molecule has 1 amide bonds. The Bertz CT molecular complexity index is 2060. The number of thiazole rings is 1. The van der Waals surface area contributed by atoms with Crippen LogP contribution in [0.2, 0.25) is 0 Å². The predicted molar refractivity (Wildman–Crippen MR) is 178 cm³/mol. The van der Waals surface area contributed by atoms with Gasteiger partial charge >= 0.3 is 5.97 Å². The van der Waals surface area contributed by atoms with Gasteiger partial charge in [0.25, 0.3) is 11.5 Å². The smallest absolute Gasteiger partial charge is 0.338 e. The second-order valence-electron chi connectivity index (χ2n) is 10.1. The number of anilines is 1. The normalized spacial score (nSPS) is 14.3. The molecule has 4 aromatic rings. The third-order valence-electron chi connectivity index (χ3n) is 7.59. The summed E-state index contributed by atoms with van der Waals surface area (Å²) in [6, 6.07) is 16.9. The Morgan fingerprint density at radius 3 is 2.00 bits per heavy atom. The van der Waals surface area contributed by atoms with E-state index in [2.05, 4.69) is 5.32 Å². The largest absolute Gasteiger partial charge is 0.497 e. The number of nitrogens with one attached hydrogen (secondary N) is 1. The van der Waals surface area contributed by atoms with E-state index in [0.717, 1.165) is 11.3 Å². The summed E-state index contributed by atoms with van der Waals surface area (Å²) in [6.07, 6.45) is 1.65. The van der Waals surface area contributed by atoms with Crippen LogP contribution < -0.4 is 49.5 Å². The van der Waals surface area contributed by atoms with Crippen LogP contribution in [0.5, 0.6) is 28.7 Å². The third-order valence-corrected chi connectivity index (χ3v) is 8.70. The van der Waals surface area contributed by atoms with Crippen LogP contribution >= 0.6 is 11.3 Å². The van der Waals surface area contributed by atoms with Crippen molar-refractivity contribution in [3.8, 4) is 28.7 Å². The van der Waals surface area contributed by atoms with E-state index in [4.69, 9.17) is 34.2 Å². The van der Waals surface area contributed by atoms with Crippen molar-refractivity contribution in [1.29, 1.82) is 0 Å². The van der Waals surface area contributed by atoms with Gasteiger partial charge in [0.1, 0.15) is 16.2 Å². The van der Waals surface area contributed by atoms with Crippen molar-refractivity contribution in [2.75, 3.05) is 48.0 Å². The SMILES string of the molecule is COC(=O)C1=C(N)n2c(s/c(=C/c3ccc(OC)c(OC)c3)c2=O)=C(C(=O)Nc2ccc(OC)cc2)C1c1ccc(OC)c(OC)c1. The number of carbonyl (C=O) groups excluding carboxylic acids is 2. The number of amides is 1. The molecule has 5 rings (SSSR count). The van der Waals surface area contributed by atoms with Crippen molar-refractivity contribution in [3.63, 3.8) is 0 Å². The van der Waals surface area contributed by atoms with Gasteiger partial charge in [0.2, 0.25) is 0 Å². The monoisotopic (exact) mass is 659 g/mol. The van der Waals surface area contributed by atoms with Gasteiger partial charge in [-0.3, -0.25) is 14.2 Å². The minimum atomic E-state index is -1.06. The predicted octanol–water partition coefficient (Wildman–Crippen LogP) is 2.67. The molecule has 0 saturated carbocycles. The Kier molecular flexibility index (Phi) is 9.56. The first-order valence-electron chi connectivity index (χ1n) is 14.1. The van der Waals surface area contributed by atoms with Gasteiger partial charge in [0, 0.05) is 5.69 Å². The molecule has 12 nitrogen and oxygen atoms in total. The average Bonchev–Trinajstić information content (AvgIpc) is 3.42. The van der Waals surface area contributed by atoms with Gasteiger partial charge in [0.05, 0.1) is 64.3 Å². The summed E-state index contributed by atoms with van der Waals surface area (Å²) in [5, 5.41) is 2.90. The number of nitrogens with zero attached hydrogens (tertiary/aromatic N) is 1. The van der Waals surface area contributed by atoms with Crippen molar-refractivity contribution < 1.29 is 38.0 Å². The Labute approximate surface area is 273 Å². The van der Waals surface area contributed by atoms with Crippen molar-refractivity contribution in [2.24, 2.45) is 5.73 Å². The lowest BCUT2D eigenvalue weighted by atomic mass is 9.82. The highest BCUT2D eigenvalue weighted by Crippen LogP contribution is 2.41. The van der Waals surface area contributed by atoms with E-state index in [9.17, 15) is 14.4 Å². The molecular formula is C34H33N3O9S. The quantitative estimate of drug-likeness (QED) is 0.244. The molecule has 1 aliphatic heterocycles. The summed E-state index contributed by atoms with van der Waals surface area (Å²) in [4.78, 5) is 41.8. The van der Waals surface area contributed by atoms with E-state index in [0.29, 0.717) is 45.6 Å². The first-order valence-corrected chi connectivity index (χ1v) is 15.0. The zero-order valence-electron chi connectivity index (χ0n) is 26.5. The fourth-order valence-corrected chi connectivity index (χ4v) is 6.49. The second kappa shape index (κ2) is 13.7. The molecule has 1 aromatic heterocycles. The van der Waals surface area contributed by atoms with E-state index in [-0.39, 0.29) is 26.2 Å². The van der Waals surface area contributed by atoms with Crippen molar-refractivity contribution in [1.82, 2.24) is 4.57 Å². The van der Waals surface area contributed by atoms with Gasteiger partial charge in [-0.05, 0) is 65.7 Å². The molecule has 0 spiro atoms. The Balaban J connectivity index is 1.83. The summed E-state index contributed by atoms with van der Waals surface area (Å²) >= 11 is 1.06. The topological polar surface area (TPSA) is 150 Å². The maximum atomic E-state index is 14.3. The molecule has 0 bridgehead atoms. The molecule has 0 fully saturated rings. The Hall–Kier alpha value is -5.69. The number of methoxy groups -OCH3 is 6. The molecule has 1 unspecified atom stereocenters. The number of benzene rings is 3. The van der Waals surface area contributed by atoms with E-state index < -0.39 is 23.4 Å². The Morgan fingerprint density at radius 1 is 0.787 bits per heavy atom. The first-order chi connectivity index (χ1) is 22.7. The maximum Gasteiger partial charge on any atom is 0.338 e. The van der Waals surface area contributed by atoms with Crippen LogP contribution in [0.25, 0.3) is 17.5 Å². The number of ether oxygens (including phenoxy) is 6. The number of rotatable bonds is 10. The number of fused-ring (bicyclic) bond motifs is 1. The van der Waals surface area contributed by atoms with E-state index in [1.165, 1.54) is 47.2 Å². The summed E-state index contributed by atoms with van der Waals surface area (Å²) in [5.74, 6) is -0.231. The minimum absolute atomic E-state index is 0.0929. The van der Waals surface area contributed by atoms with Crippen LogP contribution in [0.3, 0.4) is 0 Å². The highest BCUT2D eigenvalue weighted by Gasteiger charge is 2.39. The van der Waals surface area contributed by atoms with Gasteiger partial charge < -0.3 is 39.5 Å². The zero-order valence-corrected chi connectivity index (χ0v) is 27.4. The fraction of sp³-hybridized carbons (Fsp3) is 0.206. The zero-order chi connectivity index (χ0) is 33.8. The minimum Gasteiger partial charge on any atom is -0.497 e. The van der Waals surface area contributed by atoms with Crippen molar-refractivity contribution in [3.05, 3.63) is 96.9 Å². The lowest BCUT2D eigenvalue weighted by Gasteiger charge is -2.27. The molecule has 1 aliphatic rings. The van der Waals surface area contributed by atoms with Gasteiger partial charge in [-0.2, -0.15) is 0 Å². The lowest BCUT2D eigenvalue weighted by molar-refractivity contribution is -0.136. The maximum absolute atomic E-state index is 14.3. The molecule has 3 N–H and O–H groups in total. The fourth-order valence-electron chi connectivity index (χ4n) is 5.31. The summed E-state index contributed by atoms with van der Waals surface area (Å²) in [6.45, 7) is 0. The standard InChI is InChI=1S/C34H33N3O9S/c1-41-21-11-9-20(10-12-21)36-31(38)29-27(19-8-14-23(43-3)25(17-19)45-5)28(34(40)46-6)30(35)37-32(39)26(47-33(29)37)16-18-7-13-22(42-2)24(15-18)44-4/h7-17,27H,35H2,1-6H3,(H,36,38)/b26-16+. The molecular weight excluding hydrogens is 626 g/mol. The Morgan fingerprint density at radius 2 is 1.40 bits per heavy atom. The van der Waals surface area contributed by atoms with Crippen LogP contribution in [0.4, 0.5) is 5.69 Å². The van der Waals surface area contributed by atoms with Gasteiger partial charge in [-0.25, -0.2) is 4.79 Å². The number of aromatic nitrogens is 1. The molecule has 3 aromatic carbocycles. The van der Waals surface area contributed by atoms with Crippen LogP contribution in [-0.2, 0) is 14.3 Å². The van der Waals surface area contributed by atoms with Crippen molar-refractivity contribution >= 4 is 46.4 Å². The number of esters is 1.